The van der Waals surface area contributed by atoms with Crippen molar-refractivity contribution in [2.45, 2.75) is 38.1 Å². The number of alkyl halides is 3. The Morgan fingerprint density at radius 2 is 1.91 bits per heavy atom. The van der Waals surface area contributed by atoms with Crippen molar-refractivity contribution in [2.24, 2.45) is 0 Å². The van der Waals surface area contributed by atoms with E-state index in [1.54, 1.807) is 0 Å². The van der Waals surface area contributed by atoms with E-state index in [2.05, 4.69) is 20.0 Å². The molecule has 1 saturated heterocycles. The zero-order chi connectivity index (χ0) is 22.9. The van der Waals surface area contributed by atoms with E-state index in [0.29, 0.717) is 18.5 Å². The van der Waals surface area contributed by atoms with Gasteiger partial charge in [-0.15, -0.1) is 13.2 Å². The van der Waals surface area contributed by atoms with Crippen molar-refractivity contribution in [1.82, 2.24) is 14.9 Å². The predicted octanol–water partition coefficient (Wildman–Crippen LogP) is 3.08. The highest BCUT2D eigenvalue weighted by Gasteiger charge is 2.32. The standard InChI is InChI=1S/C20H21F3N4O4S/c21-20(22,23)31-17-7-13(6-15(8-17)14-2-3-14)9-24-19-25-10-16(11-26-19)18(28)27-4-1-5-32(29,30)12-27/h6-8,10-11,14H,1-5,9,12H2,(H,24,25,26). The molecule has 2 aliphatic rings. The van der Waals surface area contributed by atoms with Crippen LogP contribution in [0.1, 0.15) is 46.7 Å². The molecule has 1 N–H and O–H groups in total. The second-order valence-corrected chi connectivity index (χ2v) is 10.0. The average molecular weight is 470 g/mol. The minimum absolute atomic E-state index is 0.0633. The molecule has 12 heteroatoms. The third-order valence-corrected chi connectivity index (χ3v) is 6.76. The first-order valence-corrected chi connectivity index (χ1v) is 11.9. The summed E-state index contributed by atoms with van der Waals surface area (Å²) in [5.41, 5.74) is 1.53. The summed E-state index contributed by atoms with van der Waals surface area (Å²) >= 11 is 0. The number of nitrogens with zero attached hydrogens (tertiary/aromatic N) is 3. The predicted molar refractivity (Wildman–Crippen MR) is 109 cm³/mol. The molecule has 0 unspecified atom stereocenters. The number of rotatable bonds is 6. The highest BCUT2D eigenvalue weighted by molar-refractivity contribution is 7.91. The summed E-state index contributed by atoms with van der Waals surface area (Å²) in [6, 6.07) is 4.54. The number of nitrogens with one attached hydrogen (secondary N) is 1. The first-order valence-electron chi connectivity index (χ1n) is 10.0. The zero-order valence-electron chi connectivity index (χ0n) is 16.9. The van der Waals surface area contributed by atoms with Crippen LogP contribution < -0.4 is 10.1 Å². The van der Waals surface area contributed by atoms with Gasteiger partial charge in [0, 0.05) is 25.5 Å². The number of carbonyl (C=O) groups excluding carboxylic acids is 1. The number of aromatic nitrogens is 2. The lowest BCUT2D eigenvalue weighted by Crippen LogP contribution is -2.41. The lowest BCUT2D eigenvalue weighted by atomic mass is 10.1. The molecule has 0 atom stereocenters. The molecule has 0 radical (unpaired) electrons. The van der Waals surface area contributed by atoms with E-state index < -0.39 is 22.1 Å². The fraction of sp³-hybridized carbons (Fsp3) is 0.450. The smallest absolute Gasteiger partial charge is 0.406 e. The number of halogens is 3. The van der Waals surface area contributed by atoms with Crippen LogP contribution in [0.5, 0.6) is 5.75 Å². The molecule has 32 heavy (non-hydrogen) atoms. The van der Waals surface area contributed by atoms with Crippen molar-refractivity contribution in [2.75, 3.05) is 23.5 Å². The van der Waals surface area contributed by atoms with Gasteiger partial charge in [0.05, 0.1) is 11.3 Å². The molecule has 0 bridgehead atoms. The van der Waals surface area contributed by atoms with Gasteiger partial charge in [-0.1, -0.05) is 6.07 Å². The minimum Gasteiger partial charge on any atom is -0.406 e. The van der Waals surface area contributed by atoms with Crippen LogP contribution in [-0.2, 0) is 16.4 Å². The van der Waals surface area contributed by atoms with E-state index in [-0.39, 0.29) is 41.4 Å². The van der Waals surface area contributed by atoms with Crippen LogP contribution in [0.2, 0.25) is 0 Å². The number of amides is 1. The Hall–Kier alpha value is -2.89. The van der Waals surface area contributed by atoms with Gasteiger partial charge in [-0.3, -0.25) is 4.79 Å². The van der Waals surface area contributed by atoms with Gasteiger partial charge >= 0.3 is 6.36 Å². The third kappa shape index (κ3) is 5.87. The number of ether oxygens (including phenoxy) is 1. The number of sulfone groups is 1. The Bertz CT molecular complexity index is 1100. The number of carbonyl (C=O) groups is 1. The van der Waals surface area contributed by atoms with Gasteiger partial charge in [-0.05, 0) is 48.4 Å². The number of hydrogen-bond acceptors (Lipinski definition) is 7. The maximum Gasteiger partial charge on any atom is 0.573 e. The normalized spacial score (nSPS) is 18.3. The Morgan fingerprint density at radius 1 is 1.19 bits per heavy atom. The number of anilines is 1. The topological polar surface area (TPSA) is 101 Å². The molecular formula is C20H21F3N4O4S. The molecule has 8 nitrogen and oxygen atoms in total. The van der Waals surface area contributed by atoms with Gasteiger partial charge in [0.2, 0.25) is 5.95 Å². The van der Waals surface area contributed by atoms with Gasteiger partial charge in [-0.25, -0.2) is 18.4 Å². The third-order valence-electron chi connectivity index (χ3n) is 5.14. The van der Waals surface area contributed by atoms with E-state index in [4.69, 9.17) is 0 Å². The van der Waals surface area contributed by atoms with E-state index in [1.807, 2.05) is 6.07 Å². The van der Waals surface area contributed by atoms with Crippen LogP contribution in [0, 0.1) is 0 Å². The zero-order valence-corrected chi connectivity index (χ0v) is 17.7. The first kappa shape index (κ1) is 22.3. The van der Waals surface area contributed by atoms with Gasteiger partial charge < -0.3 is 15.0 Å². The SMILES string of the molecule is O=C(c1cnc(NCc2cc(OC(F)(F)F)cc(C3CC3)c2)nc1)N1CCCS(=O)(=O)C1. The van der Waals surface area contributed by atoms with Crippen molar-refractivity contribution < 1.29 is 31.1 Å². The van der Waals surface area contributed by atoms with Crippen LogP contribution in [-0.4, -0.2) is 53.7 Å². The van der Waals surface area contributed by atoms with Crippen LogP contribution >= 0.6 is 0 Å². The van der Waals surface area contributed by atoms with Crippen LogP contribution in [0.4, 0.5) is 19.1 Å². The van der Waals surface area contributed by atoms with E-state index >= 15 is 0 Å². The molecule has 2 aromatic rings. The summed E-state index contributed by atoms with van der Waals surface area (Å²) in [5.74, 6) is -0.573. The Kier molecular flexibility index (Phi) is 5.97. The fourth-order valence-electron chi connectivity index (χ4n) is 3.53. The highest BCUT2D eigenvalue weighted by atomic mass is 32.2. The molecule has 4 rings (SSSR count). The summed E-state index contributed by atoms with van der Waals surface area (Å²) in [6.07, 6.45) is 0.0501. The van der Waals surface area contributed by atoms with Crippen molar-refractivity contribution in [3.63, 3.8) is 0 Å². The lowest BCUT2D eigenvalue weighted by molar-refractivity contribution is -0.274. The van der Waals surface area contributed by atoms with Gasteiger partial charge in [0.1, 0.15) is 11.6 Å². The van der Waals surface area contributed by atoms with Crippen LogP contribution in [0.25, 0.3) is 0 Å². The maximum absolute atomic E-state index is 12.6. The molecule has 0 spiro atoms. The van der Waals surface area contributed by atoms with E-state index in [1.165, 1.54) is 29.4 Å². The molecule has 1 aliphatic heterocycles. The summed E-state index contributed by atoms with van der Waals surface area (Å²) in [5, 5.41) is 2.92. The van der Waals surface area contributed by atoms with Crippen LogP contribution in [0.3, 0.4) is 0 Å². The molecule has 1 amide bonds. The summed E-state index contributed by atoms with van der Waals surface area (Å²) in [7, 11) is -3.28. The Morgan fingerprint density at radius 3 is 2.53 bits per heavy atom. The second kappa shape index (κ2) is 8.57. The van der Waals surface area contributed by atoms with Gasteiger partial charge in [0.15, 0.2) is 9.84 Å². The molecule has 2 fully saturated rings. The fourth-order valence-corrected chi connectivity index (χ4v) is 4.95. The van der Waals surface area contributed by atoms with Crippen molar-refractivity contribution in [1.29, 1.82) is 0 Å². The van der Waals surface area contributed by atoms with Crippen molar-refractivity contribution in [3.8, 4) is 5.75 Å². The monoisotopic (exact) mass is 470 g/mol. The quantitative estimate of drug-likeness (QED) is 0.692. The Balaban J connectivity index is 1.41. The maximum atomic E-state index is 12.6. The van der Waals surface area contributed by atoms with Crippen molar-refractivity contribution >= 4 is 21.7 Å². The highest BCUT2D eigenvalue weighted by Crippen LogP contribution is 2.42. The molecule has 172 valence electrons. The second-order valence-electron chi connectivity index (χ2n) is 7.88. The number of benzene rings is 1. The lowest BCUT2D eigenvalue weighted by Gasteiger charge is -2.26. The summed E-state index contributed by atoms with van der Waals surface area (Å²) < 4.78 is 65.4. The largest absolute Gasteiger partial charge is 0.573 e. The molecular weight excluding hydrogens is 449 g/mol. The van der Waals surface area contributed by atoms with E-state index in [0.717, 1.165) is 18.4 Å². The summed E-state index contributed by atoms with van der Waals surface area (Å²) in [6.45, 7) is 0.504. The minimum atomic E-state index is -4.77. The Labute approximate surface area is 182 Å². The molecule has 1 aromatic carbocycles. The average Bonchev–Trinajstić information content (AvgIpc) is 3.55. The molecule has 1 aromatic heterocycles. The van der Waals surface area contributed by atoms with Gasteiger partial charge in [0.25, 0.3) is 5.91 Å². The van der Waals surface area contributed by atoms with Gasteiger partial charge in [-0.2, -0.15) is 0 Å². The van der Waals surface area contributed by atoms with Crippen molar-refractivity contribution in [3.05, 3.63) is 47.3 Å². The van der Waals surface area contributed by atoms with Crippen LogP contribution in [0.15, 0.2) is 30.6 Å². The van der Waals surface area contributed by atoms with E-state index in [9.17, 15) is 26.4 Å². The number of hydrogen-bond donors (Lipinski definition) is 1. The molecule has 1 aliphatic carbocycles. The molecule has 2 heterocycles. The first-order chi connectivity index (χ1) is 15.1. The summed E-state index contributed by atoms with van der Waals surface area (Å²) in [4.78, 5) is 21.9. The molecule has 1 saturated carbocycles.